The number of carbonyl (C=O) groups is 1. The van der Waals surface area contributed by atoms with Crippen molar-refractivity contribution in [2.24, 2.45) is 0 Å². The number of hydrogen-bond acceptors (Lipinski definition) is 4. The van der Waals surface area contributed by atoms with Gasteiger partial charge in [0.1, 0.15) is 11.3 Å². The maximum Gasteiger partial charge on any atom is 0.241 e. The molecule has 5 heteroatoms. The molecule has 3 rings (SSSR count). The first-order valence-electron chi connectivity index (χ1n) is 8.16. The van der Waals surface area contributed by atoms with Crippen LogP contribution in [-0.2, 0) is 4.79 Å². The molecule has 1 amide bonds. The minimum absolute atomic E-state index is 0.139. The second kappa shape index (κ2) is 6.51. The van der Waals surface area contributed by atoms with Crippen molar-refractivity contribution in [1.82, 2.24) is 9.97 Å². The van der Waals surface area contributed by atoms with Crippen molar-refractivity contribution in [2.75, 3.05) is 5.32 Å². The molecule has 1 heterocycles. The number of fused-ring (bicyclic) bond motifs is 1. The summed E-state index contributed by atoms with van der Waals surface area (Å²) in [7, 11) is 0. The first kappa shape index (κ1) is 16.9. The van der Waals surface area contributed by atoms with Crippen molar-refractivity contribution in [2.45, 2.75) is 33.3 Å². The summed E-state index contributed by atoms with van der Waals surface area (Å²) in [6.07, 6.45) is 0. The minimum atomic E-state index is -0.422. The van der Waals surface area contributed by atoms with Crippen LogP contribution in [0.2, 0.25) is 0 Å². The number of para-hydroxylation sites is 3. The van der Waals surface area contributed by atoms with Crippen LogP contribution in [0.15, 0.2) is 48.5 Å². The molecule has 0 spiro atoms. The van der Waals surface area contributed by atoms with Crippen LogP contribution < -0.4 is 10.1 Å². The summed E-state index contributed by atoms with van der Waals surface area (Å²) in [4.78, 5) is 21.0. The molecule has 0 radical (unpaired) electrons. The first-order valence-corrected chi connectivity index (χ1v) is 8.16. The molecule has 1 N–H and O–H groups in total. The fraction of sp³-hybridized carbons (Fsp3) is 0.250. The van der Waals surface area contributed by atoms with Crippen molar-refractivity contribution in [3.05, 3.63) is 48.5 Å². The van der Waals surface area contributed by atoms with E-state index in [0.29, 0.717) is 17.3 Å². The summed E-state index contributed by atoms with van der Waals surface area (Å²) >= 11 is 0. The van der Waals surface area contributed by atoms with Crippen LogP contribution in [0.3, 0.4) is 0 Å². The highest BCUT2D eigenvalue weighted by Crippen LogP contribution is 2.35. The summed E-state index contributed by atoms with van der Waals surface area (Å²) in [5.74, 6) is 0.309. The molecule has 128 valence electrons. The van der Waals surface area contributed by atoms with Crippen LogP contribution >= 0.6 is 0 Å². The number of aromatic nitrogens is 2. The molecule has 0 atom stereocenters. The molecule has 2 aromatic carbocycles. The lowest BCUT2D eigenvalue weighted by molar-refractivity contribution is -0.114. The van der Waals surface area contributed by atoms with E-state index in [4.69, 9.17) is 9.72 Å². The smallest absolute Gasteiger partial charge is 0.241 e. The average Bonchev–Trinajstić information content (AvgIpc) is 2.53. The standard InChI is InChI=1S/C20H21N3O2/c1-13(24)21-15-10-6-5-9-14(15)18-19(25-20(2,3)4)23-17-12-8-7-11-16(17)22-18/h5-12H,1-4H3,(H,21,24). The van der Waals surface area contributed by atoms with E-state index in [1.54, 1.807) is 0 Å². The normalized spacial score (nSPS) is 11.4. The minimum Gasteiger partial charge on any atom is -0.470 e. The van der Waals surface area contributed by atoms with Crippen LogP contribution in [0, 0.1) is 0 Å². The van der Waals surface area contributed by atoms with Crippen molar-refractivity contribution in [3.63, 3.8) is 0 Å². The summed E-state index contributed by atoms with van der Waals surface area (Å²) < 4.78 is 6.07. The third kappa shape index (κ3) is 3.94. The van der Waals surface area contributed by atoms with E-state index in [2.05, 4.69) is 10.3 Å². The van der Waals surface area contributed by atoms with E-state index in [1.807, 2.05) is 69.3 Å². The van der Waals surface area contributed by atoms with Gasteiger partial charge in [-0.05, 0) is 39.0 Å². The van der Waals surface area contributed by atoms with Gasteiger partial charge in [-0.25, -0.2) is 9.97 Å². The van der Waals surface area contributed by atoms with E-state index >= 15 is 0 Å². The predicted molar refractivity (Wildman–Crippen MR) is 99.7 cm³/mol. The maximum atomic E-state index is 11.5. The Kier molecular flexibility index (Phi) is 4.40. The third-order valence-electron chi connectivity index (χ3n) is 3.43. The third-order valence-corrected chi connectivity index (χ3v) is 3.43. The molecule has 3 aromatic rings. The SMILES string of the molecule is CC(=O)Nc1ccccc1-c1nc2ccccc2nc1OC(C)(C)C. The molecule has 0 unspecified atom stereocenters. The molecule has 0 saturated carbocycles. The van der Waals surface area contributed by atoms with Gasteiger partial charge < -0.3 is 10.1 Å². The van der Waals surface area contributed by atoms with Gasteiger partial charge in [-0.3, -0.25) is 4.79 Å². The Balaban J connectivity index is 2.23. The number of nitrogens with zero attached hydrogens (tertiary/aromatic N) is 2. The van der Waals surface area contributed by atoms with Crippen molar-refractivity contribution >= 4 is 22.6 Å². The van der Waals surface area contributed by atoms with E-state index in [-0.39, 0.29) is 5.91 Å². The van der Waals surface area contributed by atoms with Gasteiger partial charge in [0.25, 0.3) is 0 Å². The van der Waals surface area contributed by atoms with Gasteiger partial charge in [0, 0.05) is 12.5 Å². The Morgan fingerprint density at radius 2 is 1.56 bits per heavy atom. The summed E-state index contributed by atoms with van der Waals surface area (Å²) in [5.41, 5.74) is 3.18. The average molecular weight is 335 g/mol. The van der Waals surface area contributed by atoms with Crippen LogP contribution in [0.4, 0.5) is 5.69 Å². The zero-order valence-electron chi connectivity index (χ0n) is 14.8. The summed E-state index contributed by atoms with van der Waals surface area (Å²) in [6, 6.07) is 15.2. The zero-order chi connectivity index (χ0) is 18.0. The molecule has 25 heavy (non-hydrogen) atoms. The second-order valence-electron chi connectivity index (χ2n) is 6.81. The number of nitrogens with one attached hydrogen (secondary N) is 1. The number of amides is 1. The van der Waals surface area contributed by atoms with Gasteiger partial charge in [0.2, 0.25) is 11.8 Å². The largest absolute Gasteiger partial charge is 0.470 e. The molecule has 0 aliphatic heterocycles. The Bertz CT molecular complexity index is 930. The number of ether oxygens (including phenoxy) is 1. The highest BCUT2D eigenvalue weighted by Gasteiger charge is 2.21. The van der Waals surface area contributed by atoms with Crippen LogP contribution in [-0.4, -0.2) is 21.5 Å². The van der Waals surface area contributed by atoms with E-state index in [1.165, 1.54) is 6.92 Å². The van der Waals surface area contributed by atoms with Gasteiger partial charge in [0.05, 0.1) is 16.7 Å². The highest BCUT2D eigenvalue weighted by atomic mass is 16.5. The lowest BCUT2D eigenvalue weighted by Crippen LogP contribution is -2.24. The highest BCUT2D eigenvalue weighted by molar-refractivity contribution is 5.94. The van der Waals surface area contributed by atoms with Gasteiger partial charge >= 0.3 is 0 Å². The fourth-order valence-electron chi connectivity index (χ4n) is 2.51. The van der Waals surface area contributed by atoms with Gasteiger partial charge in [-0.1, -0.05) is 30.3 Å². The number of rotatable bonds is 3. The Morgan fingerprint density at radius 1 is 0.960 bits per heavy atom. The monoisotopic (exact) mass is 335 g/mol. The van der Waals surface area contributed by atoms with Crippen LogP contribution in [0.1, 0.15) is 27.7 Å². The van der Waals surface area contributed by atoms with Gasteiger partial charge in [-0.15, -0.1) is 0 Å². The molecule has 5 nitrogen and oxygen atoms in total. The Morgan fingerprint density at radius 3 is 2.20 bits per heavy atom. The number of benzene rings is 2. The lowest BCUT2D eigenvalue weighted by Gasteiger charge is -2.22. The van der Waals surface area contributed by atoms with Crippen LogP contribution in [0.25, 0.3) is 22.3 Å². The van der Waals surface area contributed by atoms with Crippen molar-refractivity contribution < 1.29 is 9.53 Å². The first-order chi connectivity index (χ1) is 11.8. The second-order valence-corrected chi connectivity index (χ2v) is 6.81. The number of anilines is 1. The van der Waals surface area contributed by atoms with Crippen LogP contribution in [0.5, 0.6) is 5.88 Å². The molecule has 0 aliphatic rings. The van der Waals surface area contributed by atoms with Gasteiger partial charge in [0.15, 0.2) is 0 Å². The quantitative estimate of drug-likeness (QED) is 0.769. The molecule has 0 bridgehead atoms. The molecule has 0 fully saturated rings. The molecule has 0 aliphatic carbocycles. The number of hydrogen-bond donors (Lipinski definition) is 1. The maximum absolute atomic E-state index is 11.5. The van der Waals surface area contributed by atoms with Crippen molar-refractivity contribution in [3.8, 4) is 17.1 Å². The topological polar surface area (TPSA) is 64.1 Å². The van der Waals surface area contributed by atoms with Gasteiger partial charge in [-0.2, -0.15) is 0 Å². The number of carbonyl (C=O) groups excluding carboxylic acids is 1. The predicted octanol–water partition coefficient (Wildman–Crippen LogP) is 4.43. The van der Waals surface area contributed by atoms with E-state index < -0.39 is 5.60 Å². The van der Waals surface area contributed by atoms with Crippen molar-refractivity contribution in [1.29, 1.82) is 0 Å². The molecular weight excluding hydrogens is 314 g/mol. The summed E-state index contributed by atoms with van der Waals surface area (Å²) in [5, 5.41) is 2.85. The van der Waals surface area contributed by atoms with E-state index in [0.717, 1.165) is 16.6 Å². The Hall–Kier alpha value is -2.95. The lowest BCUT2D eigenvalue weighted by atomic mass is 10.1. The molecule has 1 aromatic heterocycles. The molecule has 0 saturated heterocycles. The Labute approximate surface area is 147 Å². The molecular formula is C20H21N3O2. The summed E-state index contributed by atoms with van der Waals surface area (Å²) in [6.45, 7) is 7.38. The van der Waals surface area contributed by atoms with E-state index in [9.17, 15) is 4.79 Å². The zero-order valence-corrected chi connectivity index (χ0v) is 14.8. The fourth-order valence-corrected chi connectivity index (χ4v) is 2.51.